The Bertz CT molecular complexity index is 965. The van der Waals surface area contributed by atoms with Gasteiger partial charge in [-0.1, -0.05) is 42.8 Å². The fourth-order valence-electron chi connectivity index (χ4n) is 5.79. The van der Waals surface area contributed by atoms with E-state index in [2.05, 4.69) is 10.2 Å². The van der Waals surface area contributed by atoms with Gasteiger partial charge in [-0.15, -0.1) is 0 Å². The molecule has 2 unspecified atom stereocenters. The zero-order valence-corrected chi connectivity index (χ0v) is 17.5. The lowest BCUT2D eigenvalue weighted by atomic mass is 9.81. The smallest absolute Gasteiger partial charge is 0.196 e. The summed E-state index contributed by atoms with van der Waals surface area (Å²) in [6.07, 6.45) is 9.11. The van der Waals surface area contributed by atoms with Crippen LogP contribution in [0.4, 0.5) is 5.69 Å². The Kier molecular flexibility index (Phi) is 5.43. The largest absolute Gasteiger partial charge is 0.384 e. The normalized spacial score (nSPS) is 23.5. The summed E-state index contributed by atoms with van der Waals surface area (Å²) in [5.74, 6) is 0.706. The van der Waals surface area contributed by atoms with Gasteiger partial charge in [-0.3, -0.25) is 9.59 Å². The van der Waals surface area contributed by atoms with Crippen molar-refractivity contribution in [2.75, 3.05) is 25.0 Å². The van der Waals surface area contributed by atoms with Crippen molar-refractivity contribution in [2.24, 2.45) is 5.92 Å². The van der Waals surface area contributed by atoms with E-state index in [1.54, 1.807) is 18.2 Å². The summed E-state index contributed by atoms with van der Waals surface area (Å²) in [4.78, 5) is 28.7. The predicted molar refractivity (Wildman–Crippen MR) is 119 cm³/mol. The fraction of sp³-hybridized carbons (Fsp3) is 0.462. The molecule has 0 spiro atoms. The molecule has 2 aromatic rings. The number of anilines is 1. The van der Waals surface area contributed by atoms with Crippen molar-refractivity contribution in [3.63, 3.8) is 0 Å². The number of carbonyl (C=O) groups excluding carboxylic acids is 2. The first-order valence-corrected chi connectivity index (χ1v) is 11.5. The molecule has 2 atom stereocenters. The molecule has 2 fully saturated rings. The topological polar surface area (TPSA) is 49.4 Å². The average Bonchev–Trinajstić information content (AvgIpc) is 2.80. The zero-order chi connectivity index (χ0) is 20.5. The molecule has 0 aromatic heterocycles. The minimum Gasteiger partial charge on any atom is -0.384 e. The first-order valence-electron chi connectivity index (χ1n) is 11.5. The number of fused-ring (bicyclic) bond motifs is 3. The van der Waals surface area contributed by atoms with Gasteiger partial charge in [-0.25, -0.2) is 0 Å². The molecule has 2 aliphatic heterocycles. The van der Waals surface area contributed by atoms with E-state index in [1.165, 1.54) is 51.6 Å². The minimum atomic E-state index is -0.0524. The Morgan fingerprint density at radius 3 is 2.47 bits per heavy atom. The summed E-state index contributed by atoms with van der Waals surface area (Å²) in [7, 11) is 0. The Balaban J connectivity index is 1.26. The van der Waals surface area contributed by atoms with Crippen LogP contribution < -0.4 is 5.32 Å². The van der Waals surface area contributed by atoms with Crippen LogP contribution >= 0.6 is 0 Å². The van der Waals surface area contributed by atoms with Gasteiger partial charge < -0.3 is 10.2 Å². The van der Waals surface area contributed by atoms with Crippen LogP contribution in [0.25, 0.3) is 0 Å². The Labute approximate surface area is 178 Å². The van der Waals surface area contributed by atoms with Gasteiger partial charge in [0.25, 0.3) is 0 Å². The summed E-state index contributed by atoms with van der Waals surface area (Å²) >= 11 is 0. The highest BCUT2D eigenvalue weighted by Crippen LogP contribution is 2.34. The number of carbonyl (C=O) groups is 2. The quantitative estimate of drug-likeness (QED) is 0.616. The van der Waals surface area contributed by atoms with Gasteiger partial charge in [0, 0.05) is 35.0 Å². The van der Waals surface area contributed by atoms with E-state index >= 15 is 0 Å². The molecule has 1 N–H and O–H groups in total. The second-order valence-electron chi connectivity index (χ2n) is 9.00. The maximum Gasteiger partial charge on any atom is 0.196 e. The van der Waals surface area contributed by atoms with Gasteiger partial charge in [0.1, 0.15) is 0 Å². The summed E-state index contributed by atoms with van der Waals surface area (Å²) in [5.41, 5.74) is 2.89. The maximum atomic E-state index is 13.1. The molecule has 2 aromatic carbocycles. The summed E-state index contributed by atoms with van der Waals surface area (Å²) in [6.45, 7) is 3.41. The number of hydrogen-bond acceptors (Lipinski definition) is 4. The van der Waals surface area contributed by atoms with E-state index in [4.69, 9.17) is 0 Å². The number of nitrogens with zero attached hydrogens (tertiary/aromatic N) is 1. The molecule has 0 bridgehead atoms. The number of hydrogen-bond donors (Lipinski definition) is 1. The molecule has 30 heavy (non-hydrogen) atoms. The number of nitrogens with one attached hydrogen (secondary N) is 1. The Morgan fingerprint density at radius 1 is 0.833 bits per heavy atom. The predicted octanol–water partition coefficient (Wildman–Crippen LogP) is 4.92. The van der Waals surface area contributed by atoms with Gasteiger partial charge in [-0.2, -0.15) is 0 Å². The molecule has 4 nitrogen and oxygen atoms in total. The van der Waals surface area contributed by atoms with Crippen LogP contribution in [0.2, 0.25) is 0 Å². The lowest BCUT2D eigenvalue weighted by Crippen LogP contribution is -2.47. The number of piperidine rings is 2. The standard InChI is InChI=1S/C26H30N2O2/c29-25-19-10-1-2-11-20(19)26(30)24-21(25)12-5-13-22(24)27-15-6-8-18-9-7-17-28-16-4-3-14-23(18)28/h1-2,5,10-13,18,23,27H,3-4,6-9,14-17H2. The van der Waals surface area contributed by atoms with E-state index in [9.17, 15) is 9.59 Å². The summed E-state index contributed by atoms with van der Waals surface area (Å²) < 4.78 is 0. The lowest BCUT2D eigenvalue weighted by molar-refractivity contribution is 0.0553. The molecular formula is C26H30N2O2. The Morgan fingerprint density at radius 2 is 1.60 bits per heavy atom. The highest BCUT2D eigenvalue weighted by atomic mass is 16.1. The molecule has 0 radical (unpaired) electrons. The summed E-state index contributed by atoms with van der Waals surface area (Å²) in [6, 6.07) is 13.5. The molecule has 0 saturated carbocycles. The number of benzene rings is 2. The third-order valence-electron chi connectivity index (χ3n) is 7.25. The van der Waals surface area contributed by atoms with Crippen molar-refractivity contribution in [2.45, 2.75) is 51.0 Å². The van der Waals surface area contributed by atoms with Crippen LogP contribution in [-0.2, 0) is 0 Å². The van der Waals surface area contributed by atoms with Gasteiger partial charge in [0.15, 0.2) is 11.6 Å². The highest BCUT2D eigenvalue weighted by molar-refractivity contribution is 6.30. The van der Waals surface area contributed by atoms with E-state index in [1.807, 2.05) is 24.3 Å². The van der Waals surface area contributed by atoms with Gasteiger partial charge in [0.2, 0.25) is 0 Å². The number of rotatable bonds is 5. The van der Waals surface area contributed by atoms with Crippen LogP contribution in [-0.4, -0.2) is 42.1 Å². The second-order valence-corrected chi connectivity index (χ2v) is 9.00. The Hall–Kier alpha value is -2.46. The van der Waals surface area contributed by atoms with Crippen molar-refractivity contribution in [3.05, 3.63) is 64.7 Å². The van der Waals surface area contributed by atoms with Crippen LogP contribution in [0.5, 0.6) is 0 Å². The first kappa shape index (κ1) is 19.5. The first-order chi connectivity index (χ1) is 14.7. The molecule has 5 rings (SSSR count). The number of ketones is 2. The van der Waals surface area contributed by atoms with Crippen molar-refractivity contribution in [1.82, 2.24) is 4.90 Å². The molecule has 156 valence electrons. The van der Waals surface area contributed by atoms with Crippen molar-refractivity contribution < 1.29 is 9.59 Å². The second kappa shape index (κ2) is 8.35. The molecule has 3 aliphatic rings. The molecule has 1 aliphatic carbocycles. The fourth-order valence-corrected chi connectivity index (χ4v) is 5.79. The molecule has 2 heterocycles. The van der Waals surface area contributed by atoms with Gasteiger partial charge in [-0.05, 0) is 63.6 Å². The van der Waals surface area contributed by atoms with E-state index in [0.717, 1.165) is 30.6 Å². The minimum absolute atomic E-state index is 0.0478. The van der Waals surface area contributed by atoms with Crippen LogP contribution in [0.3, 0.4) is 0 Å². The van der Waals surface area contributed by atoms with Crippen LogP contribution in [0.15, 0.2) is 42.5 Å². The summed E-state index contributed by atoms with van der Waals surface area (Å²) in [5, 5.41) is 3.48. The third-order valence-corrected chi connectivity index (χ3v) is 7.25. The molecule has 4 heteroatoms. The van der Waals surface area contributed by atoms with E-state index in [-0.39, 0.29) is 11.6 Å². The van der Waals surface area contributed by atoms with Gasteiger partial charge in [0.05, 0.1) is 5.56 Å². The van der Waals surface area contributed by atoms with Crippen molar-refractivity contribution in [3.8, 4) is 0 Å². The molecular weight excluding hydrogens is 372 g/mol. The lowest BCUT2D eigenvalue weighted by Gasteiger charge is -2.44. The highest BCUT2D eigenvalue weighted by Gasteiger charge is 2.33. The zero-order valence-electron chi connectivity index (χ0n) is 17.5. The maximum absolute atomic E-state index is 13.1. The average molecular weight is 403 g/mol. The van der Waals surface area contributed by atoms with Crippen LogP contribution in [0.1, 0.15) is 76.8 Å². The monoisotopic (exact) mass is 402 g/mol. The SMILES string of the molecule is O=C1c2ccccc2C(=O)c2c(NCCCC3CCCN4CCCCC34)cccc21. The van der Waals surface area contributed by atoms with Crippen molar-refractivity contribution >= 4 is 17.3 Å². The van der Waals surface area contributed by atoms with E-state index in [0.29, 0.717) is 22.3 Å². The van der Waals surface area contributed by atoms with E-state index < -0.39 is 0 Å². The third kappa shape index (κ3) is 3.47. The molecule has 0 amide bonds. The molecule has 2 saturated heterocycles. The van der Waals surface area contributed by atoms with Crippen molar-refractivity contribution in [1.29, 1.82) is 0 Å². The van der Waals surface area contributed by atoms with Gasteiger partial charge >= 0.3 is 0 Å². The van der Waals surface area contributed by atoms with Crippen LogP contribution in [0, 0.1) is 5.92 Å².